The van der Waals surface area contributed by atoms with E-state index < -0.39 is 5.97 Å². The van der Waals surface area contributed by atoms with Gasteiger partial charge in [-0.05, 0) is 24.3 Å². The molecule has 0 atom stereocenters. The second-order valence-electron chi connectivity index (χ2n) is 3.57. The molecule has 2 aromatic rings. The van der Waals surface area contributed by atoms with Crippen LogP contribution in [-0.4, -0.2) is 23.1 Å². The van der Waals surface area contributed by atoms with Gasteiger partial charge in [0.15, 0.2) is 0 Å². The Labute approximate surface area is 99.2 Å². The lowest BCUT2D eigenvalue weighted by Gasteiger charge is -2.19. The molecule has 0 saturated heterocycles. The number of pyridine rings is 1. The third-order valence-corrected chi connectivity index (χ3v) is 2.48. The van der Waals surface area contributed by atoms with Crippen molar-refractivity contribution in [3.05, 3.63) is 54.2 Å². The second kappa shape index (κ2) is 4.65. The Bertz CT molecular complexity index is 526. The molecule has 86 valence electrons. The minimum absolute atomic E-state index is 0.193. The van der Waals surface area contributed by atoms with Gasteiger partial charge in [0.1, 0.15) is 11.4 Å². The third kappa shape index (κ3) is 2.25. The molecule has 0 spiro atoms. The summed E-state index contributed by atoms with van der Waals surface area (Å²) in [5.41, 5.74) is 1.09. The van der Waals surface area contributed by atoms with Crippen molar-refractivity contribution in [3.63, 3.8) is 0 Å². The fourth-order valence-corrected chi connectivity index (χ4v) is 1.61. The van der Waals surface area contributed by atoms with Crippen LogP contribution in [0.5, 0.6) is 0 Å². The van der Waals surface area contributed by atoms with Gasteiger partial charge in [0.25, 0.3) is 0 Å². The standard InChI is InChI=1S/C13H12N2O2/c1-15(10-6-3-2-4-7-10)12-11(13(16)17)8-5-9-14-12/h2-9H,1H3,(H,16,17). The summed E-state index contributed by atoms with van der Waals surface area (Å²) in [5.74, 6) is -0.540. The van der Waals surface area contributed by atoms with Crippen LogP contribution in [0.1, 0.15) is 10.4 Å². The summed E-state index contributed by atoms with van der Waals surface area (Å²) in [5, 5.41) is 9.09. The fourth-order valence-electron chi connectivity index (χ4n) is 1.61. The molecular formula is C13H12N2O2. The molecular weight excluding hydrogens is 216 g/mol. The van der Waals surface area contributed by atoms with Crippen LogP contribution in [0, 0.1) is 0 Å². The van der Waals surface area contributed by atoms with Crippen molar-refractivity contribution in [2.45, 2.75) is 0 Å². The lowest BCUT2D eigenvalue weighted by molar-refractivity contribution is 0.0697. The van der Waals surface area contributed by atoms with Crippen LogP contribution in [0.3, 0.4) is 0 Å². The number of carbonyl (C=O) groups is 1. The lowest BCUT2D eigenvalue weighted by Crippen LogP contribution is -2.15. The molecule has 0 aliphatic carbocycles. The van der Waals surface area contributed by atoms with E-state index in [1.54, 1.807) is 30.3 Å². The van der Waals surface area contributed by atoms with Gasteiger partial charge in [-0.3, -0.25) is 0 Å². The Morgan fingerprint density at radius 3 is 2.53 bits per heavy atom. The first-order chi connectivity index (χ1) is 8.20. The van der Waals surface area contributed by atoms with Crippen molar-refractivity contribution >= 4 is 17.5 Å². The normalized spacial score (nSPS) is 9.94. The monoisotopic (exact) mass is 228 g/mol. The second-order valence-corrected chi connectivity index (χ2v) is 3.57. The Kier molecular flexibility index (Phi) is 3.05. The number of hydrogen-bond donors (Lipinski definition) is 1. The van der Waals surface area contributed by atoms with Gasteiger partial charge in [0.05, 0.1) is 0 Å². The zero-order chi connectivity index (χ0) is 12.3. The van der Waals surface area contributed by atoms with E-state index in [2.05, 4.69) is 4.98 Å². The average molecular weight is 228 g/mol. The quantitative estimate of drug-likeness (QED) is 0.877. The highest BCUT2D eigenvalue weighted by molar-refractivity contribution is 5.94. The summed E-state index contributed by atoms with van der Waals surface area (Å²) >= 11 is 0. The largest absolute Gasteiger partial charge is 0.478 e. The highest BCUT2D eigenvalue weighted by atomic mass is 16.4. The molecule has 1 aromatic carbocycles. The summed E-state index contributed by atoms with van der Waals surface area (Å²) < 4.78 is 0. The van der Waals surface area contributed by atoms with E-state index in [9.17, 15) is 4.79 Å². The van der Waals surface area contributed by atoms with Crippen LogP contribution < -0.4 is 4.90 Å². The molecule has 4 heteroatoms. The van der Waals surface area contributed by atoms with E-state index in [0.717, 1.165) is 5.69 Å². The number of hydrogen-bond acceptors (Lipinski definition) is 3. The van der Waals surface area contributed by atoms with Crippen molar-refractivity contribution in [2.24, 2.45) is 0 Å². The average Bonchev–Trinajstić information content (AvgIpc) is 2.39. The lowest BCUT2D eigenvalue weighted by atomic mass is 10.2. The molecule has 17 heavy (non-hydrogen) atoms. The van der Waals surface area contributed by atoms with Crippen molar-refractivity contribution in [2.75, 3.05) is 11.9 Å². The van der Waals surface area contributed by atoms with Crippen molar-refractivity contribution in [1.29, 1.82) is 0 Å². The summed E-state index contributed by atoms with van der Waals surface area (Å²) in [6, 6.07) is 12.7. The predicted octanol–water partition coefficient (Wildman–Crippen LogP) is 2.55. The van der Waals surface area contributed by atoms with E-state index in [-0.39, 0.29) is 5.56 Å². The minimum Gasteiger partial charge on any atom is -0.478 e. The number of rotatable bonds is 3. The Morgan fingerprint density at radius 1 is 1.18 bits per heavy atom. The van der Waals surface area contributed by atoms with E-state index in [4.69, 9.17) is 5.11 Å². The summed E-state index contributed by atoms with van der Waals surface area (Å²) in [4.78, 5) is 17.0. The first-order valence-electron chi connectivity index (χ1n) is 5.17. The van der Waals surface area contributed by atoms with Crippen LogP contribution in [0.15, 0.2) is 48.7 Å². The number of aromatic carboxylic acids is 1. The molecule has 0 aliphatic rings. The topological polar surface area (TPSA) is 53.4 Å². The molecule has 1 heterocycles. The summed E-state index contributed by atoms with van der Waals surface area (Å²) in [7, 11) is 1.80. The van der Waals surface area contributed by atoms with Crippen molar-refractivity contribution < 1.29 is 9.90 Å². The van der Waals surface area contributed by atoms with Gasteiger partial charge in [-0.2, -0.15) is 0 Å². The number of carboxylic acid groups (broad SMARTS) is 1. The van der Waals surface area contributed by atoms with E-state index in [1.165, 1.54) is 0 Å². The summed E-state index contributed by atoms with van der Waals surface area (Å²) in [6.07, 6.45) is 1.58. The molecule has 0 unspecified atom stereocenters. The van der Waals surface area contributed by atoms with E-state index in [0.29, 0.717) is 5.82 Å². The third-order valence-electron chi connectivity index (χ3n) is 2.48. The molecule has 0 aliphatic heterocycles. The van der Waals surface area contributed by atoms with Gasteiger partial charge in [-0.25, -0.2) is 9.78 Å². The Morgan fingerprint density at radius 2 is 1.88 bits per heavy atom. The van der Waals surface area contributed by atoms with Gasteiger partial charge >= 0.3 is 5.97 Å². The van der Waals surface area contributed by atoms with Crippen LogP contribution in [0.4, 0.5) is 11.5 Å². The summed E-state index contributed by atoms with van der Waals surface area (Å²) in [6.45, 7) is 0. The van der Waals surface area contributed by atoms with Crippen LogP contribution in [-0.2, 0) is 0 Å². The van der Waals surface area contributed by atoms with E-state index in [1.807, 2.05) is 30.3 Å². The number of anilines is 2. The molecule has 1 aromatic heterocycles. The van der Waals surface area contributed by atoms with E-state index >= 15 is 0 Å². The minimum atomic E-state index is -0.976. The van der Waals surface area contributed by atoms with Crippen molar-refractivity contribution in [3.8, 4) is 0 Å². The molecule has 0 saturated carbocycles. The number of carboxylic acids is 1. The number of aromatic nitrogens is 1. The molecule has 4 nitrogen and oxygen atoms in total. The maximum Gasteiger partial charge on any atom is 0.339 e. The Balaban J connectivity index is 2.44. The molecule has 0 bridgehead atoms. The van der Waals surface area contributed by atoms with Crippen molar-refractivity contribution in [1.82, 2.24) is 4.98 Å². The predicted molar refractivity (Wildman–Crippen MR) is 65.7 cm³/mol. The number of para-hydroxylation sites is 1. The molecule has 0 amide bonds. The van der Waals surface area contributed by atoms with Gasteiger partial charge in [-0.1, -0.05) is 18.2 Å². The first-order valence-corrected chi connectivity index (χ1v) is 5.17. The van der Waals surface area contributed by atoms with Crippen LogP contribution >= 0.6 is 0 Å². The number of benzene rings is 1. The van der Waals surface area contributed by atoms with Gasteiger partial charge in [0, 0.05) is 18.9 Å². The van der Waals surface area contributed by atoms with Gasteiger partial charge < -0.3 is 10.0 Å². The highest BCUT2D eigenvalue weighted by Gasteiger charge is 2.14. The SMILES string of the molecule is CN(c1ccccc1)c1ncccc1C(=O)O. The molecule has 0 radical (unpaired) electrons. The molecule has 0 fully saturated rings. The maximum atomic E-state index is 11.1. The number of nitrogens with zero attached hydrogens (tertiary/aromatic N) is 2. The highest BCUT2D eigenvalue weighted by Crippen LogP contribution is 2.24. The maximum absolute atomic E-state index is 11.1. The van der Waals surface area contributed by atoms with Crippen LogP contribution in [0.2, 0.25) is 0 Å². The Hall–Kier alpha value is -2.36. The zero-order valence-corrected chi connectivity index (χ0v) is 9.37. The van der Waals surface area contributed by atoms with Gasteiger partial charge in [-0.15, -0.1) is 0 Å². The smallest absolute Gasteiger partial charge is 0.339 e. The fraction of sp³-hybridized carbons (Fsp3) is 0.0769. The molecule has 1 N–H and O–H groups in total. The molecule has 2 rings (SSSR count). The van der Waals surface area contributed by atoms with Crippen LogP contribution in [0.25, 0.3) is 0 Å². The van der Waals surface area contributed by atoms with Gasteiger partial charge in [0.2, 0.25) is 0 Å². The zero-order valence-electron chi connectivity index (χ0n) is 9.37. The first kappa shape index (κ1) is 11.1.